The van der Waals surface area contributed by atoms with E-state index in [0.29, 0.717) is 18.4 Å². The van der Waals surface area contributed by atoms with Crippen LogP contribution in [0, 0.1) is 0 Å². The van der Waals surface area contributed by atoms with Crippen molar-refractivity contribution in [2.45, 2.75) is 39.2 Å². The van der Waals surface area contributed by atoms with E-state index in [1.807, 2.05) is 26.0 Å². The third-order valence-electron chi connectivity index (χ3n) is 3.00. The molecule has 1 aromatic rings. The first-order valence-corrected chi connectivity index (χ1v) is 5.37. The van der Waals surface area contributed by atoms with Crippen LogP contribution in [0.3, 0.4) is 0 Å². The molecular weight excluding hydrogens is 188 g/mol. The molecule has 15 heavy (non-hydrogen) atoms. The fourth-order valence-electron chi connectivity index (χ4n) is 1.67. The topological polar surface area (TPSA) is 37.3 Å². The summed E-state index contributed by atoms with van der Waals surface area (Å²) in [6.07, 6.45) is 1.37. The highest BCUT2D eigenvalue weighted by molar-refractivity contribution is 5.94. The lowest BCUT2D eigenvalue weighted by molar-refractivity contribution is 0.0283. The van der Waals surface area contributed by atoms with Crippen LogP contribution in [0.5, 0.6) is 0 Å². The largest absolute Gasteiger partial charge is 0.385 e. The monoisotopic (exact) mass is 206 g/mol. The Kier molecular flexibility index (Phi) is 3.64. The molecule has 0 atom stereocenters. The Balaban J connectivity index is 3.02. The fourth-order valence-corrected chi connectivity index (χ4v) is 1.67. The van der Waals surface area contributed by atoms with E-state index in [0.717, 1.165) is 5.56 Å². The van der Waals surface area contributed by atoms with E-state index in [4.69, 9.17) is 0 Å². The van der Waals surface area contributed by atoms with Crippen LogP contribution in [-0.4, -0.2) is 10.9 Å². The lowest BCUT2D eigenvalue weighted by Crippen LogP contribution is -2.23. The van der Waals surface area contributed by atoms with E-state index < -0.39 is 5.60 Å². The minimum absolute atomic E-state index is 0.0538. The van der Waals surface area contributed by atoms with Crippen molar-refractivity contribution in [3.63, 3.8) is 0 Å². The number of carbonyl (C=O) groups is 1. The van der Waals surface area contributed by atoms with Crippen molar-refractivity contribution < 1.29 is 9.90 Å². The van der Waals surface area contributed by atoms with E-state index in [-0.39, 0.29) is 5.78 Å². The molecule has 1 aromatic carbocycles. The van der Waals surface area contributed by atoms with Gasteiger partial charge in [0.1, 0.15) is 0 Å². The average molecular weight is 206 g/mol. The number of hydrogen-bond donors (Lipinski definition) is 1. The molecule has 0 amide bonds. The first-order valence-electron chi connectivity index (χ1n) is 5.37. The molecule has 0 radical (unpaired) electrons. The smallest absolute Gasteiger partial charge is 0.159 e. The zero-order valence-corrected chi connectivity index (χ0v) is 9.58. The van der Waals surface area contributed by atoms with Crippen molar-refractivity contribution in [2.75, 3.05) is 0 Å². The molecule has 0 aliphatic rings. The molecule has 2 nitrogen and oxygen atoms in total. The summed E-state index contributed by atoms with van der Waals surface area (Å²) in [5.41, 5.74) is 0.820. The van der Waals surface area contributed by atoms with E-state index in [1.54, 1.807) is 19.1 Å². The summed E-state index contributed by atoms with van der Waals surface area (Å²) in [6.45, 7) is 5.46. The van der Waals surface area contributed by atoms with E-state index in [1.165, 1.54) is 0 Å². The maximum absolute atomic E-state index is 11.1. The molecule has 82 valence electrons. The zero-order chi connectivity index (χ0) is 11.5. The van der Waals surface area contributed by atoms with Gasteiger partial charge in [-0.1, -0.05) is 38.1 Å². The van der Waals surface area contributed by atoms with Crippen molar-refractivity contribution in [1.29, 1.82) is 0 Å². The van der Waals surface area contributed by atoms with E-state index in [2.05, 4.69) is 0 Å². The molecule has 0 aliphatic carbocycles. The molecule has 0 fully saturated rings. The van der Waals surface area contributed by atoms with Crippen molar-refractivity contribution in [3.8, 4) is 0 Å². The Morgan fingerprint density at radius 3 is 2.00 bits per heavy atom. The highest BCUT2D eigenvalue weighted by atomic mass is 16.3. The highest BCUT2D eigenvalue weighted by Crippen LogP contribution is 2.28. The molecule has 0 aromatic heterocycles. The van der Waals surface area contributed by atoms with Crippen LogP contribution in [0.25, 0.3) is 0 Å². The van der Waals surface area contributed by atoms with Crippen LogP contribution in [-0.2, 0) is 5.60 Å². The summed E-state index contributed by atoms with van der Waals surface area (Å²) in [5.74, 6) is 0.0538. The highest BCUT2D eigenvalue weighted by Gasteiger charge is 2.24. The number of aliphatic hydroxyl groups is 1. The minimum Gasteiger partial charge on any atom is -0.385 e. The predicted molar refractivity (Wildman–Crippen MR) is 60.9 cm³/mol. The quantitative estimate of drug-likeness (QED) is 0.769. The number of benzene rings is 1. The number of hydrogen-bond acceptors (Lipinski definition) is 2. The first-order chi connectivity index (χ1) is 7.03. The van der Waals surface area contributed by atoms with E-state index in [9.17, 15) is 9.90 Å². The molecular formula is C13H18O2. The molecule has 0 bridgehead atoms. The molecule has 0 heterocycles. The Labute approximate surface area is 90.9 Å². The predicted octanol–water partition coefficient (Wildman–Crippen LogP) is 2.90. The number of rotatable bonds is 4. The summed E-state index contributed by atoms with van der Waals surface area (Å²) in [6, 6.07) is 7.22. The minimum atomic E-state index is -0.755. The summed E-state index contributed by atoms with van der Waals surface area (Å²) in [5, 5.41) is 10.2. The molecule has 0 spiro atoms. The van der Waals surface area contributed by atoms with Gasteiger partial charge in [-0.25, -0.2) is 0 Å². The second-order valence-electron chi connectivity index (χ2n) is 3.87. The zero-order valence-electron chi connectivity index (χ0n) is 9.58. The van der Waals surface area contributed by atoms with Crippen LogP contribution in [0.1, 0.15) is 49.5 Å². The van der Waals surface area contributed by atoms with Gasteiger partial charge in [0.05, 0.1) is 5.60 Å². The third kappa shape index (κ3) is 2.45. The fraction of sp³-hybridized carbons (Fsp3) is 0.462. The summed E-state index contributed by atoms with van der Waals surface area (Å²) < 4.78 is 0. The van der Waals surface area contributed by atoms with Gasteiger partial charge in [0.25, 0.3) is 0 Å². The van der Waals surface area contributed by atoms with Gasteiger partial charge in [0.15, 0.2) is 5.78 Å². The molecule has 2 heteroatoms. The van der Waals surface area contributed by atoms with Crippen LogP contribution < -0.4 is 0 Å². The number of Topliss-reactive ketones (excluding diaryl/α,β-unsaturated/α-hetero) is 1. The Morgan fingerprint density at radius 1 is 1.20 bits per heavy atom. The third-order valence-corrected chi connectivity index (χ3v) is 3.00. The van der Waals surface area contributed by atoms with Crippen molar-refractivity contribution >= 4 is 5.78 Å². The van der Waals surface area contributed by atoms with Gasteiger partial charge in [-0.05, 0) is 25.3 Å². The Bertz CT molecular complexity index is 334. The van der Waals surface area contributed by atoms with Crippen LogP contribution in [0.4, 0.5) is 0 Å². The van der Waals surface area contributed by atoms with Gasteiger partial charge < -0.3 is 5.11 Å². The normalized spacial score (nSPS) is 11.5. The second-order valence-corrected chi connectivity index (χ2v) is 3.87. The van der Waals surface area contributed by atoms with Crippen molar-refractivity contribution in [3.05, 3.63) is 35.4 Å². The van der Waals surface area contributed by atoms with Crippen LogP contribution in [0.15, 0.2) is 24.3 Å². The molecule has 1 N–H and O–H groups in total. The number of carbonyl (C=O) groups excluding carboxylic acids is 1. The first kappa shape index (κ1) is 11.9. The molecule has 0 saturated carbocycles. The number of ketones is 1. The Hall–Kier alpha value is -1.15. The van der Waals surface area contributed by atoms with Gasteiger partial charge in [0.2, 0.25) is 0 Å². The average Bonchev–Trinajstić information content (AvgIpc) is 2.28. The van der Waals surface area contributed by atoms with Crippen LogP contribution >= 0.6 is 0 Å². The lowest BCUT2D eigenvalue weighted by Gasteiger charge is -2.25. The standard InChI is InChI=1S/C13H18O2/c1-4-13(15,5-2)12-8-6-11(7-9-12)10(3)14/h6-9,15H,4-5H2,1-3H3. The molecule has 0 unspecified atom stereocenters. The van der Waals surface area contributed by atoms with Crippen molar-refractivity contribution in [1.82, 2.24) is 0 Å². The maximum Gasteiger partial charge on any atom is 0.159 e. The summed E-state index contributed by atoms with van der Waals surface area (Å²) >= 11 is 0. The van der Waals surface area contributed by atoms with Crippen molar-refractivity contribution in [2.24, 2.45) is 0 Å². The van der Waals surface area contributed by atoms with Gasteiger partial charge >= 0.3 is 0 Å². The molecule has 0 saturated heterocycles. The Morgan fingerprint density at radius 2 is 1.67 bits per heavy atom. The van der Waals surface area contributed by atoms with Gasteiger partial charge in [-0.2, -0.15) is 0 Å². The molecule has 0 aliphatic heterocycles. The molecule has 1 rings (SSSR count). The van der Waals surface area contributed by atoms with Gasteiger partial charge in [-0.3, -0.25) is 4.79 Å². The second kappa shape index (κ2) is 4.58. The SMILES string of the molecule is CCC(O)(CC)c1ccc(C(C)=O)cc1. The van der Waals surface area contributed by atoms with Crippen LogP contribution in [0.2, 0.25) is 0 Å². The maximum atomic E-state index is 11.1. The summed E-state index contributed by atoms with van der Waals surface area (Å²) in [4.78, 5) is 11.1. The summed E-state index contributed by atoms with van der Waals surface area (Å²) in [7, 11) is 0. The van der Waals surface area contributed by atoms with Gasteiger partial charge in [0, 0.05) is 5.56 Å². The van der Waals surface area contributed by atoms with Gasteiger partial charge in [-0.15, -0.1) is 0 Å². The lowest BCUT2D eigenvalue weighted by atomic mass is 9.88. The van der Waals surface area contributed by atoms with E-state index >= 15 is 0 Å².